The van der Waals surface area contributed by atoms with Crippen LogP contribution in [-0.4, -0.2) is 37.5 Å². The third kappa shape index (κ3) is 5.15. The molecule has 1 amide bonds. The summed E-state index contributed by atoms with van der Waals surface area (Å²) in [5.74, 6) is -0.460. The lowest BCUT2D eigenvalue weighted by molar-refractivity contribution is -0.122. The maximum Gasteiger partial charge on any atom is 0.237 e. The van der Waals surface area contributed by atoms with Gasteiger partial charge in [-0.2, -0.15) is 0 Å². The van der Waals surface area contributed by atoms with Crippen LogP contribution in [0.25, 0.3) is 0 Å². The summed E-state index contributed by atoms with van der Waals surface area (Å²) in [6.45, 7) is 0.417. The molecule has 2 unspecified atom stereocenters. The van der Waals surface area contributed by atoms with Crippen LogP contribution in [0.15, 0.2) is 54.6 Å². The molecule has 2 rings (SSSR count). The summed E-state index contributed by atoms with van der Waals surface area (Å²) in [6.07, 6.45) is 0.496. The Morgan fingerprint density at radius 1 is 1.12 bits per heavy atom. The maximum absolute atomic E-state index is 13.1. The van der Waals surface area contributed by atoms with E-state index in [1.807, 2.05) is 49.3 Å². The highest BCUT2D eigenvalue weighted by atomic mass is 19.1. The fourth-order valence-electron chi connectivity index (χ4n) is 2.57. The van der Waals surface area contributed by atoms with E-state index in [0.29, 0.717) is 13.0 Å². The predicted molar refractivity (Wildman–Crippen MR) is 94.0 cm³/mol. The van der Waals surface area contributed by atoms with Crippen LogP contribution in [-0.2, 0) is 11.2 Å². The monoisotopic (exact) mass is 329 g/mol. The minimum absolute atomic E-state index is 0.0431. The number of halogens is 1. The van der Waals surface area contributed by atoms with Gasteiger partial charge in [-0.25, -0.2) is 4.39 Å². The molecule has 0 aromatic heterocycles. The van der Waals surface area contributed by atoms with Crippen molar-refractivity contribution in [3.8, 4) is 0 Å². The zero-order valence-corrected chi connectivity index (χ0v) is 14.1. The zero-order chi connectivity index (χ0) is 17.5. The highest BCUT2D eigenvalue weighted by molar-refractivity contribution is 5.81. The molecule has 128 valence electrons. The molecule has 0 saturated carbocycles. The number of likely N-dealkylation sites (N-methyl/N-ethyl adjacent to an activating group) is 1. The standard InChI is InChI=1S/C19H24FN3O/c1-23(2)18(15-8-10-16(20)11-9-15)13-22-19(24)17(21)12-14-6-4-3-5-7-14/h3-11,17-18H,12-13,21H2,1-2H3,(H,22,24). The van der Waals surface area contributed by atoms with Gasteiger partial charge in [-0.3, -0.25) is 4.79 Å². The fourth-order valence-corrected chi connectivity index (χ4v) is 2.57. The molecular weight excluding hydrogens is 305 g/mol. The second-order valence-corrected chi connectivity index (χ2v) is 6.07. The van der Waals surface area contributed by atoms with Crippen LogP contribution in [0.1, 0.15) is 17.2 Å². The Morgan fingerprint density at radius 2 is 1.75 bits per heavy atom. The third-order valence-corrected chi connectivity index (χ3v) is 3.98. The molecule has 0 fully saturated rings. The van der Waals surface area contributed by atoms with Crippen molar-refractivity contribution in [1.29, 1.82) is 0 Å². The molecule has 0 aliphatic rings. The van der Waals surface area contributed by atoms with Crippen molar-refractivity contribution in [2.45, 2.75) is 18.5 Å². The van der Waals surface area contributed by atoms with Crippen molar-refractivity contribution in [3.05, 3.63) is 71.5 Å². The highest BCUT2D eigenvalue weighted by Gasteiger charge is 2.18. The van der Waals surface area contributed by atoms with Crippen molar-refractivity contribution in [3.63, 3.8) is 0 Å². The van der Waals surface area contributed by atoms with Gasteiger partial charge in [0.2, 0.25) is 5.91 Å². The molecule has 0 aliphatic heterocycles. The number of carbonyl (C=O) groups excluding carboxylic acids is 1. The molecule has 0 saturated heterocycles. The summed E-state index contributed by atoms with van der Waals surface area (Å²) in [5, 5.41) is 2.90. The number of nitrogens with zero attached hydrogens (tertiary/aromatic N) is 1. The van der Waals surface area contributed by atoms with Crippen molar-refractivity contribution in [1.82, 2.24) is 10.2 Å². The van der Waals surface area contributed by atoms with Gasteiger partial charge < -0.3 is 16.0 Å². The van der Waals surface area contributed by atoms with E-state index < -0.39 is 6.04 Å². The summed E-state index contributed by atoms with van der Waals surface area (Å²) in [4.78, 5) is 14.2. The summed E-state index contributed by atoms with van der Waals surface area (Å²) >= 11 is 0. The molecule has 0 bridgehead atoms. The first kappa shape index (κ1) is 18.1. The number of benzene rings is 2. The van der Waals surface area contributed by atoms with Crippen LogP contribution in [0.4, 0.5) is 4.39 Å². The van der Waals surface area contributed by atoms with Crippen LogP contribution < -0.4 is 11.1 Å². The Balaban J connectivity index is 1.93. The second-order valence-electron chi connectivity index (χ2n) is 6.07. The first-order chi connectivity index (χ1) is 11.5. The predicted octanol–water partition coefficient (Wildman–Crippen LogP) is 2.11. The van der Waals surface area contributed by atoms with Gasteiger partial charge in [0.1, 0.15) is 5.82 Å². The minimum Gasteiger partial charge on any atom is -0.353 e. The minimum atomic E-state index is -0.594. The molecule has 0 heterocycles. The fraction of sp³-hybridized carbons (Fsp3) is 0.316. The van der Waals surface area contributed by atoms with E-state index >= 15 is 0 Å². The lowest BCUT2D eigenvalue weighted by Crippen LogP contribution is -2.44. The van der Waals surface area contributed by atoms with E-state index in [-0.39, 0.29) is 17.8 Å². The number of amides is 1. The average molecular weight is 329 g/mol. The van der Waals surface area contributed by atoms with Crippen LogP contribution in [0.2, 0.25) is 0 Å². The normalized spacial score (nSPS) is 13.5. The van der Waals surface area contributed by atoms with Crippen LogP contribution >= 0.6 is 0 Å². The van der Waals surface area contributed by atoms with E-state index in [1.165, 1.54) is 12.1 Å². The molecule has 2 aromatic rings. The largest absolute Gasteiger partial charge is 0.353 e. The number of rotatable bonds is 7. The second kappa shape index (κ2) is 8.57. The molecule has 3 N–H and O–H groups in total. The first-order valence-corrected chi connectivity index (χ1v) is 7.96. The quantitative estimate of drug-likeness (QED) is 0.818. The Hall–Kier alpha value is -2.24. The first-order valence-electron chi connectivity index (χ1n) is 7.96. The number of hydrogen-bond acceptors (Lipinski definition) is 3. The molecule has 0 spiro atoms. The van der Waals surface area contributed by atoms with Crippen LogP contribution in [0.3, 0.4) is 0 Å². The third-order valence-electron chi connectivity index (χ3n) is 3.98. The van der Waals surface area contributed by atoms with Crippen LogP contribution in [0.5, 0.6) is 0 Å². The van der Waals surface area contributed by atoms with Gasteiger partial charge in [0.25, 0.3) is 0 Å². The van der Waals surface area contributed by atoms with Gasteiger partial charge in [-0.1, -0.05) is 42.5 Å². The summed E-state index contributed by atoms with van der Waals surface area (Å²) < 4.78 is 13.1. The van der Waals surface area contributed by atoms with Gasteiger partial charge in [-0.15, -0.1) is 0 Å². The average Bonchev–Trinajstić information content (AvgIpc) is 2.57. The van der Waals surface area contributed by atoms with E-state index in [2.05, 4.69) is 5.32 Å². The summed E-state index contributed by atoms with van der Waals surface area (Å²) in [5.41, 5.74) is 7.97. The summed E-state index contributed by atoms with van der Waals surface area (Å²) in [7, 11) is 3.84. The van der Waals surface area contributed by atoms with Crippen molar-refractivity contribution in [2.24, 2.45) is 5.73 Å². The molecular formula is C19H24FN3O. The van der Waals surface area contributed by atoms with Gasteiger partial charge in [0.05, 0.1) is 12.1 Å². The molecule has 2 aromatic carbocycles. The Morgan fingerprint density at radius 3 is 2.33 bits per heavy atom. The number of nitrogens with one attached hydrogen (secondary N) is 1. The zero-order valence-electron chi connectivity index (χ0n) is 14.1. The Kier molecular flexibility index (Phi) is 6.46. The van der Waals surface area contributed by atoms with E-state index in [0.717, 1.165) is 11.1 Å². The SMILES string of the molecule is CN(C)C(CNC(=O)C(N)Cc1ccccc1)c1ccc(F)cc1. The van der Waals surface area contributed by atoms with Crippen molar-refractivity contribution in [2.75, 3.05) is 20.6 Å². The van der Waals surface area contributed by atoms with Gasteiger partial charge in [0.15, 0.2) is 0 Å². The van der Waals surface area contributed by atoms with E-state index in [1.54, 1.807) is 12.1 Å². The Bertz CT molecular complexity index is 643. The van der Waals surface area contributed by atoms with E-state index in [4.69, 9.17) is 5.73 Å². The molecule has 0 radical (unpaired) electrons. The van der Waals surface area contributed by atoms with Gasteiger partial charge in [0, 0.05) is 6.54 Å². The smallest absolute Gasteiger partial charge is 0.237 e. The topological polar surface area (TPSA) is 58.4 Å². The lowest BCUT2D eigenvalue weighted by atomic mass is 10.0. The lowest BCUT2D eigenvalue weighted by Gasteiger charge is -2.25. The highest BCUT2D eigenvalue weighted by Crippen LogP contribution is 2.17. The molecule has 4 nitrogen and oxygen atoms in total. The molecule has 24 heavy (non-hydrogen) atoms. The molecule has 5 heteroatoms. The van der Waals surface area contributed by atoms with Gasteiger partial charge >= 0.3 is 0 Å². The van der Waals surface area contributed by atoms with E-state index in [9.17, 15) is 9.18 Å². The number of hydrogen-bond donors (Lipinski definition) is 2. The summed E-state index contributed by atoms with van der Waals surface area (Å²) in [6, 6.07) is 15.4. The van der Waals surface area contributed by atoms with Crippen LogP contribution in [0, 0.1) is 5.82 Å². The Labute approximate surface area is 142 Å². The van der Waals surface area contributed by atoms with Gasteiger partial charge in [-0.05, 0) is 43.8 Å². The number of nitrogens with two attached hydrogens (primary N) is 1. The molecule has 0 aliphatic carbocycles. The van der Waals surface area contributed by atoms with Crippen molar-refractivity contribution >= 4 is 5.91 Å². The molecule has 2 atom stereocenters. The number of carbonyl (C=O) groups is 1. The maximum atomic E-state index is 13.1. The van der Waals surface area contributed by atoms with Crippen molar-refractivity contribution < 1.29 is 9.18 Å².